The Bertz CT molecular complexity index is 634. The molecular weight excluding hydrogens is 332 g/mol. The maximum absolute atomic E-state index is 4.35. The Labute approximate surface area is 165 Å². The molecule has 0 spiro atoms. The van der Waals surface area contributed by atoms with Crippen LogP contribution in [0.25, 0.3) is 0 Å². The van der Waals surface area contributed by atoms with Crippen molar-refractivity contribution < 1.29 is 0 Å². The molecule has 4 heteroatoms. The zero-order valence-electron chi connectivity index (χ0n) is 17.6. The van der Waals surface area contributed by atoms with Crippen molar-refractivity contribution in [2.45, 2.75) is 53.4 Å². The van der Waals surface area contributed by atoms with E-state index in [9.17, 15) is 0 Å². The Kier molecular flexibility index (Phi) is 9.26. The fraction of sp³-hybridized carbons (Fsp3) is 0.565. The predicted molar refractivity (Wildman–Crippen MR) is 116 cm³/mol. The normalized spacial score (nSPS) is 16.5. The van der Waals surface area contributed by atoms with Crippen LogP contribution in [0.3, 0.4) is 0 Å². The molecule has 0 aliphatic carbocycles. The third-order valence-electron chi connectivity index (χ3n) is 5.03. The first kappa shape index (κ1) is 21.4. The molecule has 0 amide bonds. The lowest BCUT2D eigenvalue weighted by atomic mass is 10.1. The minimum absolute atomic E-state index is 0.857. The van der Waals surface area contributed by atoms with Gasteiger partial charge in [0.05, 0.1) is 0 Å². The number of hydrogen-bond acceptors (Lipinski definition) is 4. The fourth-order valence-corrected chi connectivity index (χ4v) is 3.21. The van der Waals surface area contributed by atoms with Gasteiger partial charge in [-0.1, -0.05) is 34.9 Å². The number of nitrogens with zero attached hydrogens (tertiary/aromatic N) is 4. The van der Waals surface area contributed by atoms with Crippen LogP contribution in [0.5, 0.6) is 0 Å². The van der Waals surface area contributed by atoms with Gasteiger partial charge in [0.1, 0.15) is 0 Å². The van der Waals surface area contributed by atoms with Gasteiger partial charge in [0, 0.05) is 45.1 Å². The molecular formula is C23H36N4. The van der Waals surface area contributed by atoms with Crippen LogP contribution < -0.4 is 4.90 Å². The molecule has 1 aliphatic rings. The average molecular weight is 369 g/mol. The van der Waals surface area contributed by atoms with E-state index >= 15 is 0 Å². The number of allylic oxidation sites excluding steroid dienone is 5. The first-order valence-corrected chi connectivity index (χ1v) is 10.2. The predicted octanol–water partition coefficient (Wildman–Crippen LogP) is 5.02. The van der Waals surface area contributed by atoms with Crippen molar-refractivity contribution in [3.63, 3.8) is 0 Å². The maximum atomic E-state index is 4.35. The number of aromatic nitrogens is 2. The molecule has 1 aliphatic heterocycles. The van der Waals surface area contributed by atoms with Gasteiger partial charge >= 0.3 is 0 Å². The van der Waals surface area contributed by atoms with Gasteiger partial charge in [-0.2, -0.15) is 0 Å². The Hall–Kier alpha value is -1.94. The first-order chi connectivity index (χ1) is 13.0. The van der Waals surface area contributed by atoms with Gasteiger partial charge in [0.2, 0.25) is 5.95 Å². The van der Waals surface area contributed by atoms with Crippen LogP contribution in [0.15, 0.2) is 53.4 Å². The molecule has 4 nitrogen and oxygen atoms in total. The lowest BCUT2D eigenvalue weighted by molar-refractivity contribution is 0.282. The molecule has 1 fully saturated rings. The summed E-state index contributed by atoms with van der Waals surface area (Å²) in [4.78, 5) is 13.5. The van der Waals surface area contributed by atoms with Crippen molar-refractivity contribution in [2.24, 2.45) is 0 Å². The molecule has 2 rings (SSSR count). The zero-order chi connectivity index (χ0) is 19.5. The molecule has 0 N–H and O–H groups in total. The minimum Gasteiger partial charge on any atom is -0.338 e. The lowest BCUT2D eigenvalue weighted by Gasteiger charge is -2.34. The van der Waals surface area contributed by atoms with Gasteiger partial charge in [-0.05, 0) is 59.4 Å². The molecule has 2 heterocycles. The smallest absolute Gasteiger partial charge is 0.225 e. The van der Waals surface area contributed by atoms with Crippen molar-refractivity contribution in [1.29, 1.82) is 0 Å². The standard InChI is InChI=1S/C23H36N4/c1-20(2)8-5-9-21(3)10-6-11-22(4)12-15-26-16-18-27(19-17-26)23-24-13-7-14-25-23/h7-8,10,12-14H,5-6,9,11,15-19H2,1-4H3. The molecule has 0 radical (unpaired) electrons. The fourth-order valence-electron chi connectivity index (χ4n) is 3.21. The molecule has 0 bridgehead atoms. The summed E-state index contributed by atoms with van der Waals surface area (Å²) in [6.07, 6.45) is 15.4. The summed E-state index contributed by atoms with van der Waals surface area (Å²) in [5, 5.41) is 0. The van der Waals surface area contributed by atoms with E-state index in [-0.39, 0.29) is 0 Å². The minimum atomic E-state index is 0.857. The highest BCUT2D eigenvalue weighted by molar-refractivity contribution is 5.29. The van der Waals surface area contributed by atoms with Gasteiger partial charge in [0.15, 0.2) is 0 Å². The van der Waals surface area contributed by atoms with Crippen LogP contribution in [0.4, 0.5) is 5.95 Å². The Morgan fingerprint density at radius 2 is 1.44 bits per heavy atom. The zero-order valence-corrected chi connectivity index (χ0v) is 17.6. The molecule has 27 heavy (non-hydrogen) atoms. The summed E-state index contributed by atoms with van der Waals surface area (Å²) >= 11 is 0. The maximum Gasteiger partial charge on any atom is 0.225 e. The second-order valence-electron chi connectivity index (χ2n) is 7.80. The van der Waals surface area contributed by atoms with Crippen molar-refractivity contribution in [3.8, 4) is 0 Å². The molecule has 1 aromatic rings. The second kappa shape index (κ2) is 11.7. The van der Waals surface area contributed by atoms with Crippen LogP contribution in [0.1, 0.15) is 53.4 Å². The van der Waals surface area contributed by atoms with E-state index in [2.05, 4.69) is 65.7 Å². The summed E-state index contributed by atoms with van der Waals surface area (Å²) in [5.74, 6) is 0.857. The number of rotatable bonds is 9. The highest BCUT2D eigenvalue weighted by atomic mass is 15.3. The van der Waals surface area contributed by atoms with Crippen molar-refractivity contribution in [2.75, 3.05) is 37.6 Å². The Balaban J connectivity index is 1.65. The summed E-state index contributed by atoms with van der Waals surface area (Å²) in [5.41, 5.74) is 4.43. The van der Waals surface area contributed by atoms with Gasteiger partial charge in [-0.3, -0.25) is 4.90 Å². The Morgan fingerprint density at radius 1 is 0.852 bits per heavy atom. The molecule has 0 aromatic carbocycles. The highest BCUT2D eigenvalue weighted by Gasteiger charge is 2.17. The Morgan fingerprint density at radius 3 is 2.07 bits per heavy atom. The molecule has 1 aromatic heterocycles. The topological polar surface area (TPSA) is 32.3 Å². The van der Waals surface area contributed by atoms with Crippen LogP contribution in [-0.2, 0) is 0 Å². The summed E-state index contributed by atoms with van der Waals surface area (Å²) < 4.78 is 0. The average Bonchev–Trinajstić information content (AvgIpc) is 2.67. The van der Waals surface area contributed by atoms with E-state index < -0.39 is 0 Å². The summed E-state index contributed by atoms with van der Waals surface area (Å²) in [6, 6.07) is 1.87. The number of piperazine rings is 1. The quantitative estimate of drug-likeness (QED) is 0.573. The SMILES string of the molecule is CC(C)=CCCC(C)=CCCC(C)=CCN1CCN(c2ncccn2)CC1. The van der Waals surface area contributed by atoms with Crippen LogP contribution in [0.2, 0.25) is 0 Å². The van der Waals surface area contributed by atoms with E-state index in [0.717, 1.165) is 51.5 Å². The monoisotopic (exact) mass is 368 g/mol. The first-order valence-electron chi connectivity index (χ1n) is 10.2. The number of hydrogen-bond donors (Lipinski definition) is 0. The van der Waals surface area contributed by atoms with Crippen molar-refractivity contribution >= 4 is 5.95 Å². The van der Waals surface area contributed by atoms with Gasteiger partial charge in [-0.15, -0.1) is 0 Å². The van der Waals surface area contributed by atoms with Crippen LogP contribution in [0, 0.1) is 0 Å². The van der Waals surface area contributed by atoms with E-state index in [1.165, 1.54) is 29.6 Å². The third kappa shape index (κ3) is 8.53. The molecule has 148 valence electrons. The van der Waals surface area contributed by atoms with Gasteiger partial charge < -0.3 is 4.90 Å². The molecule has 0 unspecified atom stereocenters. The molecule has 0 saturated carbocycles. The summed E-state index contributed by atoms with van der Waals surface area (Å²) in [6.45, 7) is 14.1. The number of anilines is 1. The van der Waals surface area contributed by atoms with E-state index in [4.69, 9.17) is 0 Å². The lowest BCUT2D eigenvalue weighted by Crippen LogP contribution is -2.47. The van der Waals surface area contributed by atoms with Gasteiger partial charge in [-0.25, -0.2) is 9.97 Å². The second-order valence-corrected chi connectivity index (χ2v) is 7.80. The van der Waals surface area contributed by atoms with Crippen LogP contribution in [-0.4, -0.2) is 47.6 Å². The highest BCUT2D eigenvalue weighted by Crippen LogP contribution is 2.13. The van der Waals surface area contributed by atoms with Crippen LogP contribution >= 0.6 is 0 Å². The largest absolute Gasteiger partial charge is 0.338 e. The van der Waals surface area contributed by atoms with Crippen molar-refractivity contribution in [3.05, 3.63) is 53.4 Å². The molecule has 1 saturated heterocycles. The van der Waals surface area contributed by atoms with E-state index in [1.54, 1.807) is 0 Å². The summed E-state index contributed by atoms with van der Waals surface area (Å²) in [7, 11) is 0. The molecule has 0 atom stereocenters. The van der Waals surface area contributed by atoms with E-state index in [1.807, 2.05) is 18.5 Å². The van der Waals surface area contributed by atoms with E-state index in [0.29, 0.717) is 0 Å². The van der Waals surface area contributed by atoms with Gasteiger partial charge in [0.25, 0.3) is 0 Å². The van der Waals surface area contributed by atoms with Crippen molar-refractivity contribution in [1.82, 2.24) is 14.9 Å². The third-order valence-corrected chi connectivity index (χ3v) is 5.03.